The van der Waals surface area contributed by atoms with Crippen molar-refractivity contribution < 1.29 is 27.5 Å². The van der Waals surface area contributed by atoms with E-state index in [2.05, 4.69) is 20.9 Å². The van der Waals surface area contributed by atoms with E-state index in [0.29, 0.717) is 46.8 Å². The number of nitrogens with one attached hydrogen (secondary N) is 3. The molecule has 2 aromatic heterocycles. The summed E-state index contributed by atoms with van der Waals surface area (Å²) in [7, 11) is 0. The molecule has 47 heavy (non-hydrogen) atoms. The molecule has 5 aromatic rings. The fourth-order valence-corrected chi connectivity index (χ4v) is 5.86. The van der Waals surface area contributed by atoms with Gasteiger partial charge in [0, 0.05) is 72.2 Å². The lowest BCUT2D eigenvalue weighted by molar-refractivity contribution is -0.137. The molecule has 13 heteroatoms. The molecule has 1 aliphatic heterocycles. The van der Waals surface area contributed by atoms with Crippen molar-refractivity contribution in [2.45, 2.75) is 32.2 Å². The Bertz CT molecular complexity index is 1970. The largest absolute Gasteiger partial charge is 0.416 e. The predicted octanol–water partition coefficient (Wildman–Crippen LogP) is 5.58. The van der Waals surface area contributed by atoms with Crippen LogP contribution < -0.4 is 21.4 Å². The zero-order valence-electron chi connectivity index (χ0n) is 25.1. The van der Waals surface area contributed by atoms with Crippen LogP contribution in [0.25, 0.3) is 16.3 Å². The zero-order valence-corrected chi connectivity index (χ0v) is 25.9. The molecule has 1 fully saturated rings. The molecule has 244 valence electrons. The highest BCUT2D eigenvalue weighted by atomic mass is 35.5. The fraction of sp³-hybridized carbons (Fsp3) is 0.265. The topological polar surface area (TPSA) is 104 Å². The monoisotopic (exact) mass is 665 g/mol. The molecule has 3 aromatic carbocycles. The molecule has 0 atom stereocenters. The number of carbonyl (C=O) groups excluding carboxylic acids is 2. The van der Waals surface area contributed by atoms with Crippen molar-refractivity contribution in [2.24, 2.45) is 0 Å². The Morgan fingerprint density at radius 1 is 0.872 bits per heavy atom. The summed E-state index contributed by atoms with van der Waals surface area (Å²) in [6, 6.07) is 14.6. The number of urea groups is 1. The number of aromatic nitrogens is 1. The molecule has 3 N–H and O–H groups in total. The molecule has 9 nitrogen and oxygen atoms in total. The Hall–Kier alpha value is -4.65. The molecular formula is C34H31ClF3N5O4. The van der Waals surface area contributed by atoms with Crippen LogP contribution in [0.15, 0.2) is 77.9 Å². The number of pyridine rings is 1. The Labute approximate surface area is 272 Å². The third-order valence-electron chi connectivity index (χ3n) is 8.05. The molecule has 1 aliphatic rings. The van der Waals surface area contributed by atoms with Crippen LogP contribution >= 0.6 is 11.6 Å². The van der Waals surface area contributed by atoms with Crippen molar-refractivity contribution in [3.8, 4) is 0 Å². The molecule has 1 saturated heterocycles. The minimum atomic E-state index is -4.54. The second kappa shape index (κ2) is 13.6. The minimum absolute atomic E-state index is 0.000244. The van der Waals surface area contributed by atoms with Crippen LogP contribution in [0.3, 0.4) is 0 Å². The summed E-state index contributed by atoms with van der Waals surface area (Å²) in [6.45, 7) is 3.60. The van der Waals surface area contributed by atoms with Gasteiger partial charge >= 0.3 is 12.2 Å². The summed E-state index contributed by atoms with van der Waals surface area (Å²) in [6.07, 6.45) is -1.25. The van der Waals surface area contributed by atoms with Crippen molar-refractivity contribution in [1.29, 1.82) is 0 Å². The van der Waals surface area contributed by atoms with Crippen LogP contribution in [0.5, 0.6) is 0 Å². The first-order valence-electron chi connectivity index (χ1n) is 15.0. The van der Waals surface area contributed by atoms with Gasteiger partial charge in [-0.25, -0.2) is 4.79 Å². The lowest BCUT2D eigenvalue weighted by atomic mass is 10.0. The van der Waals surface area contributed by atoms with Gasteiger partial charge in [-0.15, -0.1) is 0 Å². The molecule has 6 rings (SSSR count). The van der Waals surface area contributed by atoms with Gasteiger partial charge < -0.3 is 25.1 Å². The number of morpholine rings is 1. The second-order valence-corrected chi connectivity index (χ2v) is 11.9. The molecule has 0 radical (unpaired) electrons. The summed E-state index contributed by atoms with van der Waals surface area (Å²) in [5.41, 5.74) is 2.29. The number of hydrogen-bond donors (Lipinski definition) is 3. The van der Waals surface area contributed by atoms with Crippen molar-refractivity contribution >= 4 is 45.5 Å². The molecule has 3 heterocycles. The predicted molar refractivity (Wildman–Crippen MR) is 173 cm³/mol. The Kier molecular flexibility index (Phi) is 9.35. The van der Waals surface area contributed by atoms with E-state index in [9.17, 15) is 27.6 Å². The number of halogens is 4. The lowest BCUT2D eigenvalue weighted by Crippen LogP contribution is -2.35. The van der Waals surface area contributed by atoms with Crippen LogP contribution in [0, 0.1) is 0 Å². The average molecular weight is 666 g/mol. The highest BCUT2D eigenvalue weighted by Gasteiger charge is 2.30. The second-order valence-electron chi connectivity index (χ2n) is 11.4. The summed E-state index contributed by atoms with van der Waals surface area (Å²) < 4.78 is 46.6. The highest BCUT2D eigenvalue weighted by molar-refractivity contribution is 6.30. The number of nitrogens with zero attached hydrogens (tertiary/aromatic N) is 2. The molecule has 3 amide bonds. The first kappa shape index (κ1) is 32.3. The van der Waals surface area contributed by atoms with E-state index < -0.39 is 17.8 Å². The number of hydrogen-bond acceptors (Lipinski definition) is 5. The van der Waals surface area contributed by atoms with E-state index in [1.165, 1.54) is 12.1 Å². The van der Waals surface area contributed by atoms with Gasteiger partial charge in [0.1, 0.15) is 0 Å². The highest BCUT2D eigenvalue weighted by Crippen LogP contribution is 2.31. The Balaban J connectivity index is 1.26. The third-order valence-corrected chi connectivity index (χ3v) is 8.30. The Morgan fingerprint density at radius 3 is 2.34 bits per heavy atom. The minimum Gasteiger partial charge on any atom is -0.379 e. The van der Waals surface area contributed by atoms with Crippen molar-refractivity contribution in [3.63, 3.8) is 0 Å². The van der Waals surface area contributed by atoms with E-state index in [1.54, 1.807) is 28.9 Å². The molecule has 0 saturated carbocycles. The fourth-order valence-electron chi connectivity index (χ4n) is 5.73. The first-order valence-corrected chi connectivity index (χ1v) is 15.4. The maximum atomic E-state index is 13.8. The first-order chi connectivity index (χ1) is 22.5. The van der Waals surface area contributed by atoms with E-state index in [0.717, 1.165) is 41.7 Å². The lowest BCUT2D eigenvalue weighted by Gasteiger charge is -2.26. The molecule has 0 aliphatic carbocycles. The summed E-state index contributed by atoms with van der Waals surface area (Å²) >= 11 is 5.95. The SMILES string of the molecule is O=C(Cc1cn2cc(CNC(=O)Nc3cccc(C(F)(F)F)c3)c3cc(CN4CCOCC4)cc(c1=O)c32)NCc1ccc(Cl)cc1. The summed E-state index contributed by atoms with van der Waals surface area (Å²) in [4.78, 5) is 41.7. The number of amides is 3. The normalized spacial score (nSPS) is 14.0. The number of anilines is 1. The number of alkyl halides is 3. The van der Waals surface area contributed by atoms with Crippen molar-refractivity contribution in [3.05, 3.63) is 116 Å². The standard InChI is InChI=1S/C34H31ClF3N5O4/c35-26-6-4-21(5-7-26)16-39-30(44)14-23-19-43-20-24(17-40-33(46)41-27-3-1-2-25(15-27)34(36,37)38)28-12-22(13-29(31(28)43)32(23)45)18-42-8-10-47-11-9-42/h1-7,12-13,15,19-20H,8-11,14,16-18H2,(H,39,44)(H2,40,41,46). The van der Waals surface area contributed by atoms with Gasteiger partial charge in [-0.2, -0.15) is 13.2 Å². The van der Waals surface area contributed by atoms with Crippen LogP contribution in [0.1, 0.15) is 27.8 Å². The number of rotatable bonds is 9. The molecule has 0 bridgehead atoms. The van der Waals surface area contributed by atoms with Crippen LogP contribution in [0.2, 0.25) is 5.02 Å². The number of benzene rings is 3. The average Bonchev–Trinajstić information content (AvgIpc) is 3.39. The molecule has 0 spiro atoms. The van der Waals surface area contributed by atoms with Gasteiger partial charge in [0.15, 0.2) is 5.43 Å². The quantitative estimate of drug-likeness (QED) is 0.191. The summed E-state index contributed by atoms with van der Waals surface area (Å²) in [5, 5.41) is 9.81. The van der Waals surface area contributed by atoms with Gasteiger partial charge in [-0.05, 0) is 59.2 Å². The van der Waals surface area contributed by atoms with Crippen molar-refractivity contribution in [1.82, 2.24) is 19.9 Å². The third kappa shape index (κ3) is 7.67. The molecular weight excluding hydrogens is 635 g/mol. The van der Waals surface area contributed by atoms with Gasteiger partial charge in [0.2, 0.25) is 5.91 Å². The van der Waals surface area contributed by atoms with Gasteiger partial charge in [-0.3, -0.25) is 14.5 Å². The maximum absolute atomic E-state index is 13.8. The van der Waals surface area contributed by atoms with E-state index in [4.69, 9.17) is 16.3 Å². The van der Waals surface area contributed by atoms with Gasteiger partial charge in [-0.1, -0.05) is 29.8 Å². The van der Waals surface area contributed by atoms with Gasteiger partial charge in [0.05, 0.1) is 30.7 Å². The van der Waals surface area contributed by atoms with Gasteiger partial charge in [0.25, 0.3) is 0 Å². The number of ether oxygens (including phenoxy) is 1. The molecule has 0 unspecified atom stereocenters. The number of carbonyl (C=O) groups is 2. The summed E-state index contributed by atoms with van der Waals surface area (Å²) in [5.74, 6) is -0.316. The van der Waals surface area contributed by atoms with E-state index in [1.807, 2.05) is 24.3 Å². The maximum Gasteiger partial charge on any atom is 0.416 e. The van der Waals surface area contributed by atoms with Crippen LogP contribution in [-0.2, 0) is 41.8 Å². The Morgan fingerprint density at radius 2 is 1.60 bits per heavy atom. The zero-order chi connectivity index (χ0) is 33.1. The van der Waals surface area contributed by atoms with Crippen molar-refractivity contribution in [2.75, 3.05) is 31.6 Å². The van der Waals surface area contributed by atoms with Crippen LogP contribution in [-0.4, -0.2) is 47.5 Å². The smallest absolute Gasteiger partial charge is 0.379 e. The van der Waals surface area contributed by atoms with Crippen LogP contribution in [0.4, 0.5) is 23.7 Å². The van der Waals surface area contributed by atoms with E-state index >= 15 is 0 Å². The van der Waals surface area contributed by atoms with E-state index in [-0.39, 0.29) is 36.5 Å².